The zero-order valence-electron chi connectivity index (χ0n) is 4.97. The van der Waals surface area contributed by atoms with Crippen LogP contribution in [-0.2, 0) is 0 Å². The molecule has 0 aromatic heterocycles. The van der Waals surface area contributed by atoms with Gasteiger partial charge in [-0.05, 0) is 0 Å². The first-order valence-corrected chi connectivity index (χ1v) is 2.67. The van der Waals surface area contributed by atoms with Crippen LogP contribution in [0.15, 0.2) is 0 Å². The van der Waals surface area contributed by atoms with Gasteiger partial charge in [-0.2, -0.15) is 0 Å². The van der Waals surface area contributed by atoms with Crippen molar-refractivity contribution in [3.8, 4) is 0 Å². The van der Waals surface area contributed by atoms with E-state index in [1.54, 1.807) is 0 Å². The summed E-state index contributed by atoms with van der Waals surface area (Å²) in [6, 6.07) is 0. The highest BCUT2D eigenvalue weighted by atomic mass is 16.7. The molecule has 0 bridgehead atoms. The summed E-state index contributed by atoms with van der Waals surface area (Å²) in [6.07, 6.45) is -0.830. The second-order valence-corrected chi connectivity index (χ2v) is 1.96. The van der Waals surface area contributed by atoms with E-state index in [2.05, 4.69) is 0 Å². The van der Waals surface area contributed by atoms with Crippen LogP contribution >= 0.6 is 0 Å². The zero-order valence-corrected chi connectivity index (χ0v) is 4.97. The van der Waals surface area contributed by atoms with Crippen molar-refractivity contribution in [3.63, 3.8) is 0 Å². The molecule has 0 saturated carbocycles. The third-order valence-corrected chi connectivity index (χ3v) is 1.41. The van der Waals surface area contributed by atoms with Gasteiger partial charge < -0.3 is 0 Å². The van der Waals surface area contributed by atoms with E-state index < -0.39 is 16.1 Å². The van der Waals surface area contributed by atoms with Gasteiger partial charge in [0.1, 0.15) is 0 Å². The third kappa shape index (κ3) is 0.850. The van der Waals surface area contributed by atoms with Crippen LogP contribution in [0.1, 0.15) is 6.42 Å². The Labute approximate surface area is 55.5 Å². The molecule has 0 radical (unpaired) electrons. The molecule has 0 amide bonds. The molecular weight excluding hydrogens is 142 g/mol. The van der Waals surface area contributed by atoms with Crippen molar-refractivity contribution >= 4 is 0 Å². The van der Waals surface area contributed by atoms with Gasteiger partial charge in [-0.1, -0.05) is 5.01 Å². The predicted molar refractivity (Wildman–Crippen MR) is 29.1 cm³/mol. The molecule has 1 aliphatic rings. The molecule has 0 aromatic carbocycles. The summed E-state index contributed by atoms with van der Waals surface area (Å²) in [5.41, 5.74) is 0. The minimum absolute atomic E-state index is 0.179. The summed E-state index contributed by atoms with van der Waals surface area (Å²) in [7, 11) is 0. The Morgan fingerprint density at radius 2 is 2.00 bits per heavy atom. The largest absolute Gasteiger partial charge is 0.338 e. The lowest BCUT2D eigenvalue weighted by Gasteiger charge is -2.25. The topological polar surface area (TPSA) is 89.5 Å². The lowest BCUT2D eigenvalue weighted by molar-refractivity contribution is -0.754. The maximum absolute atomic E-state index is 9.96. The molecule has 1 saturated heterocycles. The monoisotopic (exact) mass is 147 g/mol. The van der Waals surface area contributed by atoms with Gasteiger partial charge in [0.2, 0.25) is 0 Å². The minimum atomic E-state index is -1.10. The average molecular weight is 147 g/mol. The predicted octanol–water partition coefficient (Wildman–Crippen LogP) is -0.513. The lowest BCUT2D eigenvalue weighted by Crippen LogP contribution is -2.54. The van der Waals surface area contributed by atoms with Crippen LogP contribution in [0.2, 0.25) is 0 Å². The Hall–Kier alpha value is -1.40. The fourth-order valence-corrected chi connectivity index (χ4v) is 0.765. The van der Waals surface area contributed by atoms with Gasteiger partial charge in [-0.15, -0.1) is 0 Å². The Balaban J connectivity index is 2.51. The van der Waals surface area contributed by atoms with E-state index in [0.717, 1.165) is 0 Å². The molecule has 1 heterocycles. The van der Waals surface area contributed by atoms with E-state index in [4.69, 9.17) is 0 Å². The quantitative estimate of drug-likeness (QED) is 0.387. The molecule has 0 N–H and O–H groups in total. The second kappa shape index (κ2) is 2.09. The van der Waals surface area contributed by atoms with Crippen molar-refractivity contribution in [1.82, 2.24) is 5.01 Å². The summed E-state index contributed by atoms with van der Waals surface area (Å²) >= 11 is 0. The van der Waals surface area contributed by atoms with Crippen molar-refractivity contribution in [2.24, 2.45) is 0 Å². The highest BCUT2D eigenvalue weighted by molar-refractivity contribution is 4.65. The summed E-state index contributed by atoms with van der Waals surface area (Å²) in [5.74, 6) is 0. The molecule has 0 spiro atoms. The van der Waals surface area contributed by atoms with Crippen LogP contribution in [-0.4, -0.2) is 27.7 Å². The first kappa shape index (κ1) is 6.72. The molecule has 56 valence electrons. The summed E-state index contributed by atoms with van der Waals surface area (Å²) in [6.45, 7) is 0.179. The van der Waals surface area contributed by atoms with E-state index >= 15 is 0 Å². The van der Waals surface area contributed by atoms with Crippen molar-refractivity contribution in [2.45, 2.75) is 12.6 Å². The van der Waals surface area contributed by atoms with Crippen LogP contribution in [0.5, 0.6) is 0 Å². The Bertz CT molecular complexity index is 161. The summed E-state index contributed by atoms with van der Waals surface area (Å²) in [4.78, 5) is 19.2. The Morgan fingerprint density at radius 1 is 1.40 bits per heavy atom. The number of nitrogens with zero attached hydrogens (tertiary/aromatic N) is 3. The second-order valence-electron chi connectivity index (χ2n) is 1.96. The van der Waals surface area contributed by atoms with Gasteiger partial charge in [0.25, 0.3) is 0 Å². The van der Waals surface area contributed by atoms with Gasteiger partial charge in [0, 0.05) is 0 Å². The highest BCUT2D eigenvalue weighted by Gasteiger charge is 2.45. The van der Waals surface area contributed by atoms with Crippen LogP contribution in [0, 0.1) is 20.2 Å². The molecule has 1 rings (SSSR count). The Kier molecular flexibility index (Phi) is 1.40. The number of rotatable bonds is 2. The van der Waals surface area contributed by atoms with Crippen molar-refractivity contribution < 1.29 is 9.96 Å². The first-order chi connectivity index (χ1) is 4.63. The molecule has 10 heavy (non-hydrogen) atoms. The SMILES string of the molecule is O=[N+]([O-])C1CCN1[N+](=O)[O-]. The van der Waals surface area contributed by atoms with E-state index in [9.17, 15) is 20.2 Å². The fourth-order valence-electron chi connectivity index (χ4n) is 0.765. The van der Waals surface area contributed by atoms with Crippen molar-refractivity contribution in [1.29, 1.82) is 0 Å². The normalized spacial score (nSPS) is 23.6. The van der Waals surface area contributed by atoms with Crippen molar-refractivity contribution in [3.05, 3.63) is 20.2 Å². The standard InChI is InChI=1S/C3H5N3O4/c7-5(8)3-1-2-4(3)6(9)10/h3H,1-2H2. The molecular formula is C3H5N3O4. The molecule has 7 heteroatoms. The van der Waals surface area contributed by atoms with E-state index in [0.29, 0.717) is 5.01 Å². The van der Waals surface area contributed by atoms with Gasteiger partial charge in [0.05, 0.1) is 17.9 Å². The average Bonchev–Trinajstić information content (AvgIpc) is 1.56. The van der Waals surface area contributed by atoms with E-state index in [1.165, 1.54) is 0 Å². The smallest absolute Gasteiger partial charge is 0.262 e. The molecule has 0 aromatic rings. The summed E-state index contributed by atoms with van der Waals surface area (Å²) < 4.78 is 0. The van der Waals surface area contributed by atoms with Gasteiger partial charge in [-0.25, -0.2) is 10.1 Å². The minimum Gasteiger partial charge on any atom is -0.262 e. The first-order valence-electron chi connectivity index (χ1n) is 2.67. The number of nitro groups is 2. The Morgan fingerprint density at radius 3 is 2.10 bits per heavy atom. The van der Waals surface area contributed by atoms with Crippen LogP contribution in [0.4, 0.5) is 0 Å². The number of hydrazine groups is 1. The van der Waals surface area contributed by atoms with E-state index in [-0.39, 0.29) is 13.0 Å². The zero-order chi connectivity index (χ0) is 7.72. The van der Waals surface area contributed by atoms with Crippen LogP contribution in [0.3, 0.4) is 0 Å². The van der Waals surface area contributed by atoms with Crippen LogP contribution in [0.25, 0.3) is 0 Å². The third-order valence-electron chi connectivity index (χ3n) is 1.41. The maximum atomic E-state index is 9.96. The molecule has 1 fully saturated rings. The fraction of sp³-hybridized carbons (Fsp3) is 1.00. The molecule has 0 aliphatic carbocycles. The maximum Gasteiger partial charge on any atom is 0.338 e. The number of hydrogen-bond donors (Lipinski definition) is 0. The van der Waals surface area contributed by atoms with E-state index in [1.807, 2.05) is 0 Å². The molecule has 7 nitrogen and oxygen atoms in total. The van der Waals surface area contributed by atoms with Gasteiger partial charge in [-0.3, -0.25) is 10.1 Å². The number of hydrogen-bond acceptors (Lipinski definition) is 4. The lowest BCUT2D eigenvalue weighted by atomic mass is 10.2. The molecule has 1 atom stereocenters. The van der Waals surface area contributed by atoms with Gasteiger partial charge >= 0.3 is 6.17 Å². The van der Waals surface area contributed by atoms with Crippen LogP contribution < -0.4 is 0 Å². The highest BCUT2D eigenvalue weighted by Crippen LogP contribution is 2.16. The van der Waals surface area contributed by atoms with Gasteiger partial charge in [0.15, 0.2) is 5.03 Å². The molecule has 1 unspecified atom stereocenters. The molecule has 1 aliphatic heterocycles. The van der Waals surface area contributed by atoms with Crippen molar-refractivity contribution in [2.75, 3.05) is 6.54 Å². The summed E-state index contributed by atoms with van der Waals surface area (Å²) in [5, 5.41) is 19.8.